The molecular weight excluding hydrogens is 191 g/mol. The molecule has 1 fully saturated rings. The van der Waals surface area contributed by atoms with E-state index in [1.807, 2.05) is 0 Å². The Balaban J connectivity index is 2.03. The van der Waals surface area contributed by atoms with E-state index in [0.29, 0.717) is 18.6 Å². The number of hydrogen-bond acceptors (Lipinski definition) is 4. The Morgan fingerprint density at radius 1 is 1.60 bits per heavy atom. The molecule has 4 nitrogen and oxygen atoms in total. The normalized spacial score (nSPS) is 23.5. The minimum Gasteiger partial charge on any atom is -0.405 e. The van der Waals surface area contributed by atoms with Crippen molar-refractivity contribution in [3.8, 4) is 0 Å². The Hall–Kier alpha value is -0.805. The summed E-state index contributed by atoms with van der Waals surface area (Å²) in [5.74, 6) is 0. The van der Waals surface area contributed by atoms with Gasteiger partial charge in [-0.2, -0.15) is 0 Å². The third-order valence-electron chi connectivity index (χ3n) is 2.09. The molecular formula is C10H17BN2O2. The number of allylic oxidation sites excluding steroid dienone is 1. The maximum Gasteiger partial charge on any atom is 0.157 e. The van der Waals surface area contributed by atoms with Crippen LogP contribution < -0.4 is 5.73 Å². The third-order valence-corrected chi connectivity index (χ3v) is 2.09. The molecule has 0 saturated carbocycles. The van der Waals surface area contributed by atoms with E-state index in [1.165, 1.54) is 18.8 Å². The number of nitrogens with two attached hydrogens (primary N) is 1. The van der Waals surface area contributed by atoms with E-state index in [2.05, 4.69) is 4.99 Å². The van der Waals surface area contributed by atoms with Gasteiger partial charge < -0.3 is 15.2 Å². The lowest BCUT2D eigenvalue weighted by atomic mass is 9.99. The van der Waals surface area contributed by atoms with Crippen molar-refractivity contribution in [1.82, 2.24) is 0 Å². The molecule has 82 valence electrons. The van der Waals surface area contributed by atoms with Crippen LogP contribution in [0.4, 0.5) is 0 Å². The zero-order valence-electron chi connectivity index (χ0n) is 8.89. The first-order valence-electron chi connectivity index (χ1n) is 5.23. The summed E-state index contributed by atoms with van der Waals surface area (Å²) >= 11 is 0. The molecule has 1 atom stereocenters. The van der Waals surface area contributed by atoms with Crippen LogP contribution in [0.2, 0.25) is 0 Å². The van der Waals surface area contributed by atoms with Gasteiger partial charge >= 0.3 is 0 Å². The molecule has 0 spiro atoms. The molecule has 1 unspecified atom stereocenters. The highest BCUT2D eigenvalue weighted by atomic mass is 16.7. The molecule has 1 heterocycles. The quantitative estimate of drug-likeness (QED) is 0.408. The second-order valence-corrected chi connectivity index (χ2v) is 3.37. The van der Waals surface area contributed by atoms with Gasteiger partial charge in [0.15, 0.2) is 6.29 Å². The van der Waals surface area contributed by atoms with Crippen LogP contribution in [-0.4, -0.2) is 40.1 Å². The van der Waals surface area contributed by atoms with Crippen molar-refractivity contribution in [2.24, 2.45) is 10.7 Å². The molecule has 0 aromatic carbocycles. The van der Waals surface area contributed by atoms with E-state index in [1.54, 1.807) is 0 Å². The van der Waals surface area contributed by atoms with Crippen LogP contribution in [0.5, 0.6) is 0 Å². The fraction of sp³-hybridized carbons (Fsp3) is 0.700. The number of rotatable bonds is 5. The predicted molar refractivity (Wildman–Crippen MR) is 60.9 cm³/mol. The van der Waals surface area contributed by atoms with Crippen molar-refractivity contribution >= 4 is 14.1 Å². The molecule has 1 saturated heterocycles. The Kier molecular flexibility index (Phi) is 6.12. The molecule has 2 N–H and O–H groups in total. The topological polar surface area (TPSA) is 56.8 Å². The molecule has 0 bridgehead atoms. The molecule has 0 aromatic rings. The molecule has 15 heavy (non-hydrogen) atoms. The highest BCUT2D eigenvalue weighted by Crippen LogP contribution is 2.13. The lowest BCUT2D eigenvalue weighted by molar-refractivity contribution is -0.160. The molecule has 1 rings (SSSR count). The zero-order chi connectivity index (χ0) is 10.9. The Bertz CT molecular complexity index is 225. The SMILES string of the molecule is [B]C(C=NCCOC1CCCCO1)=CN. The van der Waals surface area contributed by atoms with Crippen LogP contribution in [0.15, 0.2) is 16.7 Å². The average molecular weight is 208 g/mol. The number of nitrogens with zero attached hydrogens (tertiary/aromatic N) is 1. The fourth-order valence-corrected chi connectivity index (χ4v) is 1.29. The van der Waals surface area contributed by atoms with Gasteiger partial charge in [0.05, 0.1) is 13.2 Å². The third kappa shape index (κ3) is 5.59. The average Bonchev–Trinajstić information content (AvgIpc) is 2.29. The fourth-order valence-electron chi connectivity index (χ4n) is 1.29. The van der Waals surface area contributed by atoms with Crippen molar-refractivity contribution in [3.63, 3.8) is 0 Å². The maximum atomic E-state index is 5.47. The number of hydrogen-bond donors (Lipinski definition) is 1. The van der Waals surface area contributed by atoms with Crippen LogP contribution >= 0.6 is 0 Å². The van der Waals surface area contributed by atoms with Crippen LogP contribution in [-0.2, 0) is 9.47 Å². The number of ether oxygens (including phenoxy) is 2. The first-order valence-corrected chi connectivity index (χ1v) is 5.23. The van der Waals surface area contributed by atoms with Crippen molar-refractivity contribution in [1.29, 1.82) is 0 Å². The van der Waals surface area contributed by atoms with Gasteiger partial charge in [-0.25, -0.2) is 0 Å². The van der Waals surface area contributed by atoms with Gasteiger partial charge in [0.25, 0.3) is 0 Å². The monoisotopic (exact) mass is 208 g/mol. The molecule has 0 aliphatic carbocycles. The second-order valence-electron chi connectivity index (χ2n) is 3.37. The zero-order valence-corrected chi connectivity index (χ0v) is 8.89. The van der Waals surface area contributed by atoms with E-state index < -0.39 is 0 Å². The number of aliphatic imine (C=N–C) groups is 1. The molecule has 1 aliphatic heterocycles. The van der Waals surface area contributed by atoms with E-state index in [-0.39, 0.29) is 6.29 Å². The van der Waals surface area contributed by atoms with Gasteiger partial charge in [-0.3, -0.25) is 4.99 Å². The second kappa shape index (κ2) is 7.48. The smallest absolute Gasteiger partial charge is 0.157 e. The minimum absolute atomic E-state index is 0.0450. The molecule has 1 aliphatic rings. The Morgan fingerprint density at radius 3 is 3.13 bits per heavy atom. The summed E-state index contributed by atoms with van der Waals surface area (Å²) in [6.07, 6.45) is 6.09. The largest absolute Gasteiger partial charge is 0.405 e. The van der Waals surface area contributed by atoms with Gasteiger partial charge in [-0.05, 0) is 25.5 Å². The van der Waals surface area contributed by atoms with Gasteiger partial charge in [-0.15, -0.1) is 0 Å². The van der Waals surface area contributed by atoms with Crippen molar-refractivity contribution in [2.45, 2.75) is 25.6 Å². The van der Waals surface area contributed by atoms with Crippen LogP contribution in [0, 0.1) is 0 Å². The van der Waals surface area contributed by atoms with E-state index >= 15 is 0 Å². The summed E-state index contributed by atoms with van der Waals surface area (Å²) in [4.78, 5) is 4.05. The molecule has 2 radical (unpaired) electrons. The highest BCUT2D eigenvalue weighted by Gasteiger charge is 2.12. The first-order chi connectivity index (χ1) is 7.33. The summed E-state index contributed by atoms with van der Waals surface area (Å²) in [6.45, 7) is 1.93. The summed E-state index contributed by atoms with van der Waals surface area (Å²) in [7, 11) is 5.42. The summed E-state index contributed by atoms with van der Waals surface area (Å²) < 4.78 is 10.9. The Labute approximate surface area is 91.9 Å². The summed E-state index contributed by atoms with van der Waals surface area (Å²) in [6, 6.07) is 0. The molecule has 5 heteroatoms. The van der Waals surface area contributed by atoms with Gasteiger partial charge in [0, 0.05) is 12.8 Å². The molecule has 0 aromatic heterocycles. The summed E-state index contributed by atoms with van der Waals surface area (Å²) in [5, 5.41) is 0. The summed E-state index contributed by atoms with van der Waals surface area (Å²) in [5.41, 5.74) is 5.64. The standard InChI is InChI=1S/C10H17BN2O2/c11-9(7-12)8-13-4-6-15-10-3-1-2-5-14-10/h7-8,10H,1-6,12H2. The van der Waals surface area contributed by atoms with E-state index in [4.69, 9.17) is 23.1 Å². The van der Waals surface area contributed by atoms with Crippen molar-refractivity contribution < 1.29 is 9.47 Å². The minimum atomic E-state index is -0.0450. The van der Waals surface area contributed by atoms with Gasteiger partial charge in [0.1, 0.15) is 7.85 Å². The van der Waals surface area contributed by atoms with Gasteiger partial charge in [-0.1, -0.05) is 5.47 Å². The lowest BCUT2D eigenvalue weighted by Gasteiger charge is -2.22. The first kappa shape index (κ1) is 12.3. The predicted octanol–water partition coefficient (Wildman–Crippen LogP) is 0.569. The van der Waals surface area contributed by atoms with Crippen LogP contribution in [0.3, 0.4) is 0 Å². The van der Waals surface area contributed by atoms with Crippen LogP contribution in [0.1, 0.15) is 19.3 Å². The van der Waals surface area contributed by atoms with Crippen molar-refractivity contribution in [2.75, 3.05) is 19.8 Å². The van der Waals surface area contributed by atoms with E-state index in [0.717, 1.165) is 19.4 Å². The van der Waals surface area contributed by atoms with Crippen molar-refractivity contribution in [3.05, 3.63) is 11.7 Å². The van der Waals surface area contributed by atoms with Crippen LogP contribution in [0.25, 0.3) is 0 Å². The lowest BCUT2D eigenvalue weighted by Crippen LogP contribution is -2.23. The maximum absolute atomic E-state index is 5.47. The Morgan fingerprint density at radius 2 is 2.47 bits per heavy atom. The van der Waals surface area contributed by atoms with E-state index in [9.17, 15) is 0 Å². The van der Waals surface area contributed by atoms with Gasteiger partial charge in [0.2, 0.25) is 0 Å². The molecule has 0 amide bonds. The highest BCUT2D eigenvalue weighted by molar-refractivity contribution is 6.32.